The molecule has 2 aliphatic rings. The first-order chi connectivity index (χ1) is 10.2. The van der Waals surface area contributed by atoms with Crippen LogP contribution in [-0.2, 0) is 0 Å². The summed E-state index contributed by atoms with van der Waals surface area (Å²) in [6.07, 6.45) is 17.1. The van der Waals surface area contributed by atoms with Crippen LogP contribution in [-0.4, -0.2) is 35.2 Å². The van der Waals surface area contributed by atoms with Crippen molar-refractivity contribution in [1.82, 2.24) is 4.90 Å². The van der Waals surface area contributed by atoms with Crippen LogP contribution in [0, 0.1) is 5.92 Å². The van der Waals surface area contributed by atoms with Crippen LogP contribution in [0.4, 0.5) is 0 Å². The molecule has 2 rings (SSSR count). The molecule has 0 spiro atoms. The molecule has 1 N–H and O–H groups in total. The molecule has 2 heteroatoms. The number of hydrogen-bond donors (Lipinski definition) is 1. The summed E-state index contributed by atoms with van der Waals surface area (Å²) in [6.45, 7) is 2.27. The number of unbranched alkanes of at least 4 members (excludes halogenated alkanes) is 7. The molecule has 3 unspecified atom stereocenters. The third kappa shape index (κ3) is 5.25. The molecule has 21 heavy (non-hydrogen) atoms. The van der Waals surface area contributed by atoms with Gasteiger partial charge >= 0.3 is 0 Å². The van der Waals surface area contributed by atoms with Gasteiger partial charge in [0.05, 0.1) is 6.10 Å². The first-order valence-corrected chi connectivity index (χ1v) is 9.62. The molecule has 2 nitrogen and oxygen atoms in total. The van der Waals surface area contributed by atoms with E-state index in [0.29, 0.717) is 5.92 Å². The van der Waals surface area contributed by atoms with Crippen LogP contribution in [0.15, 0.2) is 0 Å². The molecule has 3 atom stereocenters. The zero-order valence-corrected chi connectivity index (χ0v) is 14.4. The molecule has 124 valence electrons. The Labute approximate surface area is 132 Å². The van der Waals surface area contributed by atoms with Crippen molar-refractivity contribution in [1.29, 1.82) is 0 Å². The maximum Gasteiger partial charge on any atom is 0.0569 e. The molecule has 2 fully saturated rings. The Morgan fingerprint density at radius 1 is 0.905 bits per heavy atom. The number of fused-ring (bicyclic) bond motifs is 2. The predicted molar refractivity (Wildman–Crippen MR) is 90.5 cm³/mol. The minimum atomic E-state index is -0.0260. The molecule has 0 saturated carbocycles. The molecule has 0 aliphatic carbocycles. The van der Waals surface area contributed by atoms with Crippen LogP contribution in [0.3, 0.4) is 0 Å². The van der Waals surface area contributed by atoms with E-state index in [0.717, 1.165) is 18.5 Å². The Balaban J connectivity index is 1.51. The molecule has 2 heterocycles. The number of piperidine rings is 1. The average molecular weight is 296 g/mol. The molecule has 2 aliphatic heterocycles. The lowest BCUT2D eigenvalue weighted by molar-refractivity contribution is 0.0304. The second-order valence-corrected chi connectivity index (χ2v) is 7.61. The highest BCUT2D eigenvalue weighted by atomic mass is 16.3. The average Bonchev–Trinajstić information content (AvgIpc) is 2.71. The summed E-state index contributed by atoms with van der Waals surface area (Å²) in [5.41, 5.74) is 0. The number of aliphatic hydroxyl groups is 1. The van der Waals surface area contributed by atoms with Crippen LogP contribution in [0.1, 0.15) is 90.4 Å². The Morgan fingerprint density at radius 3 is 2.00 bits per heavy atom. The van der Waals surface area contributed by atoms with Crippen molar-refractivity contribution in [3.05, 3.63) is 0 Å². The van der Waals surface area contributed by atoms with E-state index in [1.165, 1.54) is 77.0 Å². The standard InChI is InChI=1S/C19H37NO/c1-3-4-5-6-7-8-9-10-11-19(21)16-14-17-12-13-18(15-16)20(17)2/h16-19,21H,3-15H2,1-2H3. The van der Waals surface area contributed by atoms with Crippen molar-refractivity contribution < 1.29 is 5.11 Å². The van der Waals surface area contributed by atoms with Crippen molar-refractivity contribution in [3.63, 3.8) is 0 Å². The molecule has 0 aromatic carbocycles. The van der Waals surface area contributed by atoms with Gasteiger partial charge in [0, 0.05) is 12.1 Å². The zero-order chi connectivity index (χ0) is 15.1. The van der Waals surface area contributed by atoms with Crippen molar-refractivity contribution in [2.75, 3.05) is 7.05 Å². The topological polar surface area (TPSA) is 23.5 Å². The van der Waals surface area contributed by atoms with Crippen molar-refractivity contribution >= 4 is 0 Å². The normalized spacial score (nSPS) is 30.7. The molecular formula is C19H37NO. The van der Waals surface area contributed by atoms with E-state index in [1.54, 1.807) is 0 Å². The van der Waals surface area contributed by atoms with Crippen LogP contribution in [0.5, 0.6) is 0 Å². The van der Waals surface area contributed by atoms with E-state index in [9.17, 15) is 5.11 Å². The summed E-state index contributed by atoms with van der Waals surface area (Å²) < 4.78 is 0. The first-order valence-electron chi connectivity index (χ1n) is 9.62. The van der Waals surface area contributed by atoms with Crippen LogP contribution in [0.2, 0.25) is 0 Å². The summed E-state index contributed by atoms with van der Waals surface area (Å²) in [7, 11) is 2.28. The fourth-order valence-corrected chi connectivity index (χ4v) is 4.49. The third-order valence-electron chi connectivity index (χ3n) is 6.03. The molecule has 0 aromatic heterocycles. The Hall–Kier alpha value is -0.0800. The number of hydrogen-bond acceptors (Lipinski definition) is 2. The smallest absolute Gasteiger partial charge is 0.0569 e. The number of aliphatic hydroxyl groups excluding tert-OH is 1. The van der Waals surface area contributed by atoms with Gasteiger partial charge in [-0.2, -0.15) is 0 Å². The zero-order valence-electron chi connectivity index (χ0n) is 14.4. The highest BCUT2D eigenvalue weighted by Gasteiger charge is 2.40. The molecule has 0 amide bonds. The van der Waals surface area contributed by atoms with Gasteiger partial charge in [-0.25, -0.2) is 0 Å². The maximum atomic E-state index is 10.5. The van der Waals surface area contributed by atoms with Crippen LogP contribution in [0.25, 0.3) is 0 Å². The van der Waals surface area contributed by atoms with Gasteiger partial charge in [-0.15, -0.1) is 0 Å². The van der Waals surface area contributed by atoms with E-state index in [4.69, 9.17) is 0 Å². The van der Waals surface area contributed by atoms with Gasteiger partial charge in [-0.1, -0.05) is 58.3 Å². The van der Waals surface area contributed by atoms with E-state index in [2.05, 4.69) is 18.9 Å². The third-order valence-corrected chi connectivity index (χ3v) is 6.03. The first kappa shape index (κ1) is 17.3. The minimum Gasteiger partial charge on any atom is -0.393 e. The van der Waals surface area contributed by atoms with E-state index >= 15 is 0 Å². The molecule has 2 saturated heterocycles. The summed E-state index contributed by atoms with van der Waals surface area (Å²) >= 11 is 0. The van der Waals surface area contributed by atoms with Crippen molar-refractivity contribution in [2.24, 2.45) is 5.92 Å². The second kappa shape index (κ2) is 9.15. The van der Waals surface area contributed by atoms with Gasteiger partial charge < -0.3 is 10.0 Å². The highest BCUT2D eigenvalue weighted by Crippen LogP contribution is 2.39. The Kier molecular flexibility index (Phi) is 7.53. The fourth-order valence-electron chi connectivity index (χ4n) is 4.49. The maximum absolute atomic E-state index is 10.5. The predicted octanol–water partition coefficient (Wildman–Crippen LogP) is 4.75. The lowest BCUT2D eigenvalue weighted by Crippen LogP contribution is -2.43. The summed E-state index contributed by atoms with van der Waals surface area (Å²) in [6, 6.07) is 1.53. The van der Waals surface area contributed by atoms with Gasteiger partial charge in [-0.3, -0.25) is 0 Å². The lowest BCUT2D eigenvalue weighted by atomic mass is 9.84. The largest absolute Gasteiger partial charge is 0.393 e. The van der Waals surface area contributed by atoms with Gasteiger partial charge in [0.15, 0.2) is 0 Å². The number of nitrogens with zero attached hydrogens (tertiary/aromatic N) is 1. The molecule has 0 radical (unpaired) electrons. The van der Waals surface area contributed by atoms with E-state index in [1.807, 2.05) is 0 Å². The van der Waals surface area contributed by atoms with Crippen LogP contribution >= 0.6 is 0 Å². The molecule has 0 aromatic rings. The number of rotatable bonds is 10. The summed E-state index contributed by atoms with van der Waals surface area (Å²) in [5.74, 6) is 0.586. The monoisotopic (exact) mass is 295 g/mol. The molecular weight excluding hydrogens is 258 g/mol. The minimum absolute atomic E-state index is 0.0260. The van der Waals surface area contributed by atoms with Crippen LogP contribution < -0.4 is 0 Å². The Morgan fingerprint density at radius 2 is 1.43 bits per heavy atom. The SMILES string of the molecule is CCCCCCCCCCC(O)C1CC2CCC(C1)N2C. The fraction of sp³-hybridized carbons (Fsp3) is 1.00. The van der Waals surface area contributed by atoms with Crippen molar-refractivity contribution in [3.8, 4) is 0 Å². The summed E-state index contributed by atoms with van der Waals surface area (Å²) in [5, 5.41) is 10.5. The van der Waals surface area contributed by atoms with Gasteiger partial charge in [0.25, 0.3) is 0 Å². The van der Waals surface area contributed by atoms with Gasteiger partial charge in [-0.05, 0) is 45.1 Å². The molecule has 2 bridgehead atoms. The quantitative estimate of drug-likeness (QED) is 0.588. The van der Waals surface area contributed by atoms with E-state index in [-0.39, 0.29) is 6.10 Å². The second-order valence-electron chi connectivity index (χ2n) is 7.61. The lowest BCUT2D eigenvalue weighted by Gasteiger charge is -2.38. The van der Waals surface area contributed by atoms with Gasteiger partial charge in [0.2, 0.25) is 0 Å². The van der Waals surface area contributed by atoms with E-state index < -0.39 is 0 Å². The van der Waals surface area contributed by atoms with Crippen molar-refractivity contribution in [2.45, 2.75) is 109 Å². The Bertz CT molecular complexity index is 267. The van der Waals surface area contributed by atoms with Gasteiger partial charge in [0.1, 0.15) is 0 Å². The highest BCUT2D eigenvalue weighted by molar-refractivity contribution is 4.95. The summed E-state index contributed by atoms with van der Waals surface area (Å²) in [4.78, 5) is 2.57.